The molecule has 1 fully saturated rings. The number of hydrogen-bond donors (Lipinski definition) is 2. The van der Waals surface area contributed by atoms with Crippen LogP contribution < -0.4 is 21.1 Å². The van der Waals surface area contributed by atoms with Gasteiger partial charge in [-0.05, 0) is 25.0 Å². The summed E-state index contributed by atoms with van der Waals surface area (Å²) in [6.07, 6.45) is 6.41. The van der Waals surface area contributed by atoms with Crippen LogP contribution in [-0.4, -0.2) is 39.7 Å². The molecule has 3 rings (SSSR count). The number of urea groups is 1. The molecule has 0 unspecified atom stereocenters. The van der Waals surface area contributed by atoms with Crippen molar-refractivity contribution in [1.82, 2.24) is 19.9 Å². The fraction of sp³-hybridized carbons (Fsp3) is 0.375. The minimum Gasteiger partial charge on any atom is -0.352 e. The molecule has 1 aliphatic rings. The second-order valence-electron chi connectivity index (χ2n) is 5.74. The summed E-state index contributed by atoms with van der Waals surface area (Å²) < 4.78 is 1.52. The summed E-state index contributed by atoms with van der Waals surface area (Å²) in [6, 6.07) is 5.15. The number of pyridine rings is 1. The van der Waals surface area contributed by atoms with Crippen LogP contribution in [0.1, 0.15) is 12.8 Å². The molecule has 0 radical (unpaired) electrons. The topological polar surface area (TPSA) is 92.2 Å². The van der Waals surface area contributed by atoms with Crippen LogP contribution in [0.3, 0.4) is 0 Å². The van der Waals surface area contributed by atoms with Gasteiger partial charge in [-0.1, -0.05) is 6.07 Å². The lowest BCUT2D eigenvalue weighted by Crippen LogP contribution is -2.47. The van der Waals surface area contributed by atoms with Gasteiger partial charge in [-0.25, -0.2) is 14.8 Å². The van der Waals surface area contributed by atoms with E-state index in [0.717, 1.165) is 12.8 Å². The number of piperidine rings is 1. The third-order valence-electron chi connectivity index (χ3n) is 4.03. The molecule has 1 aliphatic heterocycles. The molecule has 8 heteroatoms. The van der Waals surface area contributed by atoms with E-state index in [2.05, 4.69) is 20.6 Å². The fourth-order valence-electron chi connectivity index (χ4n) is 2.71. The molecule has 0 aliphatic carbocycles. The summed E-state index contributed by atoms with van der Waals surface area (Å²) in [6.45, 7) is 1.36. The molecule has 0 atom stereocenters. The lowest BCUT2D eigenvalue weighted by molar-refractivity contribution is 0.246. The SMILES string of the molecule is Cn1ccnc(N2CCC(NC(=O)Nc3ccccn3)CC2)c1=O. The highest BCUT2D eigenvalue weighted by atomic mass is 16.2. The Morgan fingerprint density at radius 3 is 2.71 bits per heavy atom. The largest absolute Gasteiger partial charge is 0.352 e. The highest BCUT2D eigenvalue weighted by Crippen LogP contribution is 2.14. The highest BCUT2D eigenvalue weighted by Gasteiger charge is 2.23. The van der Waals surface area contributed by atoms with E-state index < -0.39 is 0 Å². The van der Waals surface area contributed by atoms with Crippen LogP contribution in [0.15, 0.2) is 41.6 Å². The number of carbonyl (C=O) groups is 1. The van der Waals surface area contributed by atoms with Gasteiger partial charge in [0.25, 0.3) is 5.56 Å². The Kier molecular flexibility index (Phi) is 4.74. The van der Waals surface area contributed by atoms with Crippen molar-refractivity contribution in [2.45, 2.75) is 18.9 Å². The van der Waals surface area contributed by atoms with E-state index in [-0.39, 0.29) is 17.6 Å². The average molecular weight is 328 g/mol. The van der Waals surface area contributed by atoms with Crippen LogP contribution in [0.2, 0.25) is 0 Å². The van der Waals surface area contributed by atoms with Gasteiger partial charge >= 0.3 is 6.03 Å². The van der Waals surface area contributed by atoms with E-state index in [0.29, 0.717) is 24.7 Å². The Bertz CT molecular complexity index is 753. The first-order chi connectivity index (χ1) is 11.6. The minimum atomic E-state index is -0.263. The number of nitrogens with one attached hydrogen (secondary N) is 2. The quantitative estimate of drug-likeness (QED) is 0.876. The molecule has 0 saturated carbocycles. The molecule has 0 spiro atoms. The van der Waals surface area contributed by atoms with Gasteiger partial charge < -0.3 is 14.8 Å². The van der Waals surface area contributed by atoms with Crippen molar-refractivity contribution >= 4 is 17.7 Å². The lowest BCUT2D eigenvalue weighted by Gasteiger charge is -2.32. The Labute approximate surface area is 139 Å². The number of anilines is 2. The van der Waals surface area contributed by atoms with Gasteiger partial charge in [0, 0.05) is 44.8 Å². The molecule has 126 valence electrons. The van der Waals surface area contributed by atoms with E-state index in [1.807, 2.05) is 11.0 Å². The number of hydrogen-bond acceptors (Lipinski definition) is 5. The van der Waals surface area contributed by atoms with Crippen molar-refractivity contribution in [3.63, 3.8) is 0 Å². The maximum absolute atomic E-state index is 12.1. The second kappa shape index (κ2) is 7.12. The fourth-order valence-corrected chi connectivity index (χ4v) is 2.71. The number of rotatable bonds is 3. The predicted octanol–water partition coefficient (Wildman–Crippen LogP) is 0.966. The van der Waals surface area contributed by atoms with E-state index in [1.165, 1.54) is 4.57 Å². The van der Waals surface area contributed by atoms with Gasteiger partial charge in [0.2, 0.25) is 0 Å². The van der Waals surface area contributed by atoms with E-state index in [1.54, 1.807) is 37.8 Å². The Morgan fingerprint density at radius 2 is 2.00 bits per heavy atom. The van der Waals surface area contributed by atoms with Gasteiger partial charge in [-0.15, -0.1) is 0 Å². The van der Waals surface area contributed by atoms with Crippen LogP contribution in [0, 0.1) is 0 Å². The summed E-state index contributed by atoms with van der Waals surface area (Å²) in [5, 5.41) is 5.65. The van der Waals surface area contributed by atoms with Gasteiger partial charge in [-0.2, -0.15) is 0 Å². The molecule has 8 nitrogen and oxygen atoms in total. The van der Waals surface area contributed by atoms with Crippen LogP contribution in [-0.2, 0) is 7.05 Å². The van der Waals surface area contributed by atoms with Crippen molar-refractivity contribution in [3.8, 4) is 0 Å². The smallest absolute Gasteiger partial charge is 0.320 e. The number of aromatic nitrogens is 3. The first-order valence-corrected chi connectivity index (χ1v) is 7.88. The third kappa shape index (κ3) is 3.70. The molecule has 1 saturated heterocycles. The molecule has 24 heavy (non-hydrogen) atoms. The maximum atomic E-state index is 12.1. The van der Waals surface area contributed by atoms with Crippen LogP contribution >= 0.6 is 0 Å². The second-order valence-corrected chi connectivity index (χ2v) is 5.74. The van der Waals surface area contributed by atoms with Crippen molar-refractivity contribution in [2.24, 2.45) is 7.05 Å². The van der Waals surface area contributed by atoms with E-state index >= 15 is 0 Å². The Morgan fingerprint density at radius 1 is 1.21 bits per heavy atom. The molecule has 2 aromatic heterocycles. The molecular formula is C16H20N6O2. The maximum Gasteiger partial charge on any atom is 0.320 e. The standard InChI is InChI=1S/C16H20N6O2/c1-21-11-8-18-14(15(21)23)22-9-5-12(6-10-22)19-16(24)20-13-4-2-3-7-17-13/h2-4,7-8,11-12H,5-6,9-10H2,1H3,(H2,17,19,20,24). The summed E-state index contributed by atoms with van der Waals surface area (Å²) in [4.78, 5) is 34.3. The lowest BCUT2D eigenvalue weighted by atomic mass is 10.1. The van der Waals surface area contributed by atoms with Gasteiger partial charge in [0.05, 0.1) is 0 Å². The average Bonchev–Trinajstić information content (AvgIpc) is 2.59. The zero-order valence-corrected chi connectivity index (χ0v) is 13.5. The zero-order chi connectivity index (χ0) is 16.9. The van der Waals surface area contributed by atoms with Crippen molar-refractivity contribution in [3.05, 3.63) is 47.1 Å². The van der Waals surface area contributed by atoms with Gasteiger partial charge in [-0.3, -0.25) is 10.1 Å². The third-order valence-corrected chi connectivity index (χ3v) is 4.03. The summed E-state index contributed by atoms with van der Waals surface area (Å²) in [7, 11) is 1.71. The number of nitrogens with zero attached hydrogens (tertiary/aromatic N) is 4. The Hall–Kier alpha value is -2.90. The van der Waals surface area contributed by atoms with Gasteiger partial charge in [0.1, 0.15) is 5.82 Å². The Balaban J connectivity index is 1.53. The van der Waals surface area contributed by atoms with Crippen LogP contribution in [0.4, 0.5) is 16.4 Å². The predicted molar refractivity (Wildman–Crippen MR) is 91.1 cm³/mol. The van der Waals surface area contributed by atoms with Crippen LogP contribution in [0.5, 0.6) is 0 Å². The van der Waals surface area contributed by atoms with Gasteiger partial charge in [0.15, 0.2) is 5.82 Å². The summed E-state index contributed by atoms with van der Waals surface area (Å²) in [5.41, 5.74) is -0.100. The van der Waals surface area contributed by atoms with E-state index in [9.17, 15) is 9.59 Å². The van der Waals surface area contributed by atoms with Crippen molar-refractivity contribution in [1.29, 1.82) is 0 Å². The molecular weight excluding hydrogens is 308 g/mol. The molecule has 2 amide bonds. The normalized spacial score (nSPS) is 15.1. The highest BCUT2D eigenvalue weighted by molar-refractivity contribution is 5.88. The van der Waals surface area contributed by atoms with Crippen molar-refractivity contribution in [2.75, 3.05) is 23.3 Å². The molecule has 0 bridgehead atoms. The van der Waals surface area contributed by atoms with E-state index in [4.69, 9.17) is 0 Å². The molecule has 2 N–H and O–H groups in total. The summed E-state index contributed by atoms with van der Waals surface area (Å²) in [5.74, 6) is 0.987. The van der Waals surface area contributed by atoms with Crippen molar-refractivity contribution < 1.29 is 4.79 Å². The number of carbonyl (C=O) groups excluding carboxylic acids is 1. The monoisotopic (exact) mass is 328 g/mol. The first-order valence-electron chi connectivity index (χ1n) is 7.88. The van der Waals surface area contributed by atoms with Crippen LogP contribution in [0.25, 0.3) is 0 Å². The minimum absolute atomic E-state index is 0.0672. The first kappa shape index (κ1) is 16.0. The molecule has 2 aromatic rings. The summed E-state index contributed by atoms with van der Waals surface area (Å²) >= 11 is 0. The number of aryl methyl sites for hydroxylation is 1. The zero-order valence-electron chi connectivity index (χ0n) is 13.5. The molecule has 3 heterocycles. The molecule has 0 aromatic carbocycles. The number of amides is 2.